The van der Waals surface area contributed by atoms with E-state index in [-0.39, 0.29) is 46.9 Å². The van der Waals surface area contributed by atoms with Crippen LogP contribution in [0, 0.1) is 0 Å². The van der Waals surface area contributed by atoms with Crippen molar-refractivity contribution in [2.24, 2.45) is 0 Å². The minimum absolute atomic E-state index is 0. The number of rotatable bonds is 0. The van der Waals surface area contributed by atoms with Gasteiger partial charge < -0.3 is 18.2 Å². The Morgan fingerprint density at radius 2 is 0.833 bits per heavy atom. The molecule has 12 heavy (non-hydrogen) atoms. The van der Waals surface area contributed by atoms with Gasteiger partial charge in [-0.1, -0.05) is 0 Å². The third-order valence-electron chi connectivity index (χ3n) is 0. The van der Waals surface area contributed by atoms with E-state index in [0.29, 0.717) is 0 Å². The average molecular weight is 299 g/mol. The van der Waals surface area contributed by atoms with E-state index in [1.54, 1.807) is 0 Å². The van der Waals surface area contributed by atoms with E-state index in [9.17, 15) is 0 Å². The molecule has 0 atom stereocenters. The maximum atomic E-state index is 8.89. The van der Waals surface area contributed by atoms with E-state index in [4.69, 9.17) is 26.6 Å². The van der Waals surface area contributed by atoms with Crippen molar-refractivity contribution < 1.29 is 73.5 Å². The predicted octanol–water partition coefficient (Wildman–Crippen LogP) is -5.01. The standard InChI is InChI=1S/Cr.Na.2H2O3S2/c;;2*1-5(2,3)4/h;;2*(H2,1,2,3,4)/q+3;+1;;/p-4. The maximum Gasteiger partial charge on any atom is 3.00 e. The Labute approximate surface area is 113 Å². The second-order valence-electron chi connectivity index (χ2n) is 0.816. The summed E-state index contributed by atoms with van der Waals surface area (Å²) in [6, 6.07) is 0. The van der Waals surface area contributed by atoms with Crippen molar-refractivity contribution in [3.05, 3.63) is 0 Å². The first-order valence-electron chi connectivity index (χ1n) is 1.33. The molecule has 0 aliphatic carbocycles. The maximum absolute atomic E-state index is 8.89. The second-order valence-corrected chi connectivity index (χ2v) is 4.90. The third-order valence-corrected chi connectivity index (χ3v) is 0. The monoisotopic (exact) mass is 299 g/mol. The first-order valence-corrected chi connectivity index (χ1v) is 6.00. The van der Waals surface area contributed by atoms with E-state index in [1.807, 2.05) is 0 Å². The Kier molecular flexibility index (Phi) is 19.1. The summed E-state index contributed by atoms with van der Waals surface area (Å²) in [4.78, 5) is 0. The van der Waals surface area contributed by atoms with Crippen LogP contribution in [0.3, 0.4) is 0 Å². The smallest absolute Gasteiger partial charge is 0.780 e. The zero-order valence-corrected chi connectivity index (χ0v) is 12.0. The van der Waals surface area contributed by atoms with Crippen LogP contribution < -0.4 is 29.6 Å². The van der Waals surface area contributed by atoms with Crippen molar-refractivity contribution in [2.45, 2.75) is 0 Å². The molecule has 0 amide bonds. The molecule has 1 radical (unpaired) electrons. The van der Waals surface area contributed by atoms with Crippen LogP contribution >= 0.6 is 0 Å². The topological polar surface area (TPSA) is 126 Å². The van der Waals surface area contributed by atoms with Crippen LogP contribution in [0.4, 0.5) is 0 Å². The Hall–Kier alpha value is 2.11. The molecule has 0 bridgehead atoms. The molecule has 67 valence electrons. The fourth-order valence-corrected chi connectivity index (χ4v) is 0. The fourth-order valence-electron chi connectivity index (χ4n) is 0. The van der Waals surface area contributed by atoms with Gasteiger partial charge in [0.25, 0.3) is 0 Å². The van der Waals surface area contributed by atoms with Crippen molar-refractivity contribution in [3.8, 4) is 0 Å². The summed E-state index contributed by atoms with van der Waals surface area (Å²) in [5.74, 6) is 0. The Morgan fingerprint density at radius 1 is 0.833 bits per heavy atom. The SMILES string of the molecule is O=S([O-])([O-])=S.O=S([O-])([O-])=S.[Cr+3].[Na+]. The van der Waals surface area contributed by atoms with Gasteiger partial charge in [-0.05, 0) is 22.4 Å². The van der Waals surface area contributed by atoms with Crippen LogP contribution in [-0.4, -0.2) is 26.6 Å². The zero-order valence-electron chi connectivity index (χ0n) is 5.49. The van der Waals surface area contributed by atoms with Crippen LogP contribution in [0.1, 0.15) is 0 Å². The van der Waals surface area contributed by atoms with Crippen LogP contribution in [0.15, 0.2) is 0 Å². The van der Waals surface area contributed by atoms with E-state index in [0.717, 1.165) is 0 Å². The number of hydrogen-bond donors (Lipinski definition) is 0. The van der Waals surface area contributed by atoms with Gasteiger partial charge in [0.1, 0.15) is 0 Å². The van der Waals surface area contributed by atoms with E-state index in [1.165, 1.54) is 0 Å². The molecule has 0 spiro atoms. The molecule has 0 heterocycles. The Morgan fingerprint density at radius 3 is 0.833 bits per heavy atom. The minimum atomic E-state index is -4.33. The molecular formula is CrNaO6S4. The summed E-state index contributed by atoms with van der Waals surface area (Å²) < 4.78 is 53.3. The minimum Gasteiger partial charge on any atom is -0.780 e. The second kappa shape index (κ2) is 9.66. The zero-order chi connectivity index (χ0) is 9.00. The largest absolute Gasteiger partial charge is 3.00 e. The van der Waals surface area contributed by atoms with E-state index < -0.39 is 18.1 Å². The van der Waals surface area contributed by atoms with Gasteiger partial charge in [0, 0.05) is 0 Å². The van der Waals surface area contributed by atoms with Crippen molar-refractivity contribution in [1.29, 1.82) is 0 Å². The van der Waals surface area contributed by atoms with Crippen LogP contribution in [-0.2, 0) is 57.8 Å². The summed E-state index contributed by atoms with van der Waals surface area (Å²) in [5, 5.41) is 0. The van der Waals surface area contributed by atoms with E-state index >= 15 is 0 Å². The molecular weight excluding hydrogens is 299 g/mol. The third kappa shape index (κ3) is 335. The van der Waals surface area contributed by atoms with Gasteiger partial charge >= 0.3 is 46.9 Å². The molecule has 0 N–H and O–H groups in total. The average Bonchev–Trinajstić information content (AvgIpc) is 1.12. The molecule has 12 heteroatoms. The summed E-state index contributed by atoms with van der Waals surface area (Å²) in [6.07, 6.45) is 0. The van der Waals surface area contributed by atoms with Crippen molar-refractivity contribution in [3.63, 3.8) is 0 Å². The molecule has 0 rings (SSSR count). The predicted molar refractivity (Wildman–Crippen MR) is 34.1 cm³/mol. The summed E-state index contributed by atoms with van der Waals surface area (Å²) in [5.41, 5.74) is 0. The van der Waals surface area contributed by atoms with Crippen LogP contribution in [0.2, 0.25) is 0 Å². The Balaban J connectivity index is -0.0000000457. The molecule has 0 fully saturated rings. The van der Waals surface area contributed by atoms with Crippen molar-refractivity contribution >= 4 is 40.5 Å². The number of hydrogen-bond acceptors (Lipinski definition) is 8. The molecule has 0 aliphatic rings. The molecule has 6 nitrogen and oxygen atoms in total. The molecule has 0 unspecified atom stereocenters. The van der Waals surface area contributed by atoms with Gasteiger partial charge in [-0.2, -0.15) is 0 Å². The van der Waals surface area contributed by atoms with Gasteiger partial charge in [0.05, 0.1) is 0 Å². The molecule has 0 aromatic carbocycles. The first-order chi connectivity index (χ1) is 4.00. The molecule has 0 saturated heterocycles. The Bertz CT molecular complexity index is 216. The summed E-state index contributed by atoms with van der Waals surface area (Å²) in [6.45, 7) is 0. The van der Waals surface area contributed by atoms with Crippen molar-refractivity contribution in [2.75, 3.05) is 0 Å². The molecule has 0 aromatic heterocycles. The van der Waals surface area contributed by atoms with Crippen LogP contribution in [0.5, 0.6) is 0 Å². The summed E-state index contributed by atoms with van der Waals surface area (Å²) in [7, 11) is -8.67. The quantitative estimate of drug-likeness (QED) is 0.407. The van der Waals surface area contributed by atoms with E-state index in [2.05, 4.69) is 22.4 Å². The van der Waals surface area contributed by atoms with Crippen molar-refractivity contribution in [1.82, 2.24) is 0 Å². The molecule has 0 saturated carbocycles. The van der Waals surface area contributed by atoms with Gasteiger partial charge in [-0.3, -0.25) is 8.42 Å². The fraction of sp³-hybridized carbons (Fsp3) is 0. The van der Waals surface area contributed by atoms with Gasteiger partial charge in [0.15, 0.2) is 0 Å². The van der Waals surface area contributed by atoms with Gasteiger partial charge in [-0.15, -0.1) is 18.1 Å². The molecule has 0 aliphatic heterocycles. The van der Waals surface area contributed by atoms with Gasteiger partial charge in [0.2, 0.25) is 0 Å². The molecule has 0 aromatic rings. The van der Waals surface area contributed by atoms with Gasteiger partial charge in [-0.25, -0.2) is 0 Å². The van der Waals surface area contributed by atoms with Crippen LogP contribution in [0.25, 0.3) is 0 Å². The summed E-state index contributed by atoms with van der Waals surface area (Å²) >= 11 is 6.49. The first kappa shape index (κ1) is 23.7. The normalized spacial score (nSPS) is 9.67.